The molecular formula is C21H26FNO3. The standard InChI is InChI=1S/C21H26FNO3/c1-11-21(25)8-7-16(24)19-20(21)9-15(23(11)10-12-3-2-4-12)13-5-6-14(22)18(26-19)17(13)20/h5-6,11-12,15-16,19,24-25H,2-4,7-10H2,1H3. The van der Waals surface area contributed by atoms with Crippen molar-refractivity contribution in [3.63, 3.8) is 0 Å². The van der Waals surface area contributed by atoms with Crippen LogP contribution in [0.1, 0.15) is 62.6 Å². The van der Waals surface area contributed by atoms with Gasteiger partial charge in [0, 0.05) is 24.2 Å². The van der Waals surface area contributed by atoms with Gasteiger partial charge in [-0.25, -0.2) is 4.39 Å². The second-order valence-electron chi connectivity index (χ2n) is 9.27. The first kappa shape index (κ1) is 15.8. The van der Waals surface area contributed by atoms with Gasteiger partial charge in [0.05, 0.1) is 17.1 Å². The fourth-order valence-corrected chi connectivity index (χ4v) is 6.90. The van der Waals surface area contributed by atoms with E-state index in [4.69, 9.17) is 4.74 Å². The predicted molar refractivity (Wildman–Crippen MR) is 93.6 cm³/mol. The van der Waals surface area contributed by atoms with Crippen LogP contribution in [0, 0.1) is 11.7 Å². The van der Waals surface area contributed by atoms with Gasteiger partial charge in [-0.15, -0.1) is 0 Å². The highest BCUT2D eigenvalue weighted by atomic mass is 19.1. The molecule has 5 aliphatic rings. The van der Waals surface area contributed by atoms with Crippen molar-refractivity contribution in [3.8, 4) is 5.75 Å². The van der Waals surface area contributed by atoms with E-state index in [0.717, 1.165) is 24.1 Å². The van der Waals surface area contributed by atoms with E-state index in [1.165, 1.54) is 25.3 Å². The topological polar surface area (TPSA) is 52.9 Å². The maximum Gasteiger partial charge on any atom is 0.165 e. The van der Waals surface area contributed by atoms with Crippen molar-refractivity contribution in [2.45, 2.75) is 80.8 Å². The molecule has 0 aromatic heterocycles. The highest BCUT2D eigenvalue weighted by Gasteiger charge is 2.75. The molecule has 3 fully saturated rings. The van der Waals surface area contributed by atoms with Crippen LogP contribution in [0.4, 0.5) is 4.39 Å². The van der Waals surface area contributed by atoms with Crippen LogP contribution in [0.2, 0.25) is 0 Å². The van der Waals surface area contributed by atoms with Crippen molar-refractivity contribution in [2.75, 3.05) is 6.54 Å². The van der Waals surface area contributed by atoms with Gasteiger partial charge in [-0.05, 0) is 56.6 Å². The van der Waals surface area contributed by atoms with Gasteiger partial charge in [-0.2, -0.15) is 0 Å². The SMILES string of the molecule is CC1N(CC2CCC2)C2CC34c5c2ccc(F)c5OC3C(O)CCC14O. The number of hydrogen-bond donors (Lipinski definition) is 2. The average Bonchev–Trinajstić information content (AvgIpc) is 3.08. The molecular weight excluding hydrogens is 333 g/mol. The van der Waals surface area contributed by atoms with Crippen LogP contribution in [0.3, 0.4) is 0 Å². The number of ether oxygens (including phenoxy) is 1. The summed E-state index contributed by atoms with van der Waals surface area (Å²) in [6, 6.07) is 3.56. The number of aliphatic hydroxyl groups is 2. The van der Waals surface area contributed by atoms with Crippen molar-refractivity contribution >= 4 is 0 Å². The molecule has 2 saturated carbocycles. The van der Waals surface area contributed by atoms with Crippen LogP contribution in [0.15, 0.2) is 12.1 Å². The van der Waals surface area contributed by atoms with Crippen LogP contribution < -0.4 is 4.74 Å². The minimum absolute atomic E-state index is 0.0261. The first-order chi connectivity index (χ1) is 12.5. The van der Waals surface area contributed by atoms with Gasteiger partial charge >= 0.3 is 0 Å². The first-order valence-electron chi connectivity index (χ1n) is 10.1. The summed E-state index contributed by atoms with van der Waals surface area (Å²) in [5.74, 6) is 0.626. The van der Waals surface area contributed by atoms with E-state index >= 15 is 0 Å². The summed E-state index contributed by atoms with van der Waals surface area (Å²) in [6.45, 7) is 3.13. The number of aliphatic hydroxyl groups excluding tert-OH is 1. The lowest BCUT2D eigenvalue weighted by molar-refractivity contribution is -0.207. The average molecular weight is 359 g/mol. The molecule has 4 nitrogen and oxygen atoms in total. The zero-order valence-corrected chi connectivity index (χ0v) is 15.1. The second kappa shape index (κ2) is 4.81. The molecule has 1 aromatic rings. The van der Waals surface area contributed by atoms with Crippen LogP contribution in [0.25, 0.3) is 0 Å². The van der Waals surface area contributed by atoms with Crippen LogP contribution in [-0.4, -0.2) is 45.5 Å². The molecule has 2 N–H and O–H groups in total. The molecule has 0 amide bonds. The number of hydrogen-bond acceptors (Lipinski definition) is 4. The smallest absolute Gasteiger partial charge is 0.165 e. The number of likely N-dealkylation sites (tertiary alicyclic amines) is 1. The third-order valence-electron chi connectivity index (χ3n) is 8.42. The van der Waals surface area contributed by atoms with E-state index < -0.39 is 23.2 Å². The fourth-order valence-electron chi connectivity index (χ4n) is 6.90. The maximum absolute atomic E-state index is 14.6. The zero-order valence-electron chi connectivity index (χ0n) is 15.1. The number of piperidine rings is 1. The highest BCUT2D eigenvalue weighted by molar-refractivity contribution is 5.60. The van der Waals surface area contributed by atoms with Gasteiger partial charge in [0.2, 0.25) is 0 Å². The Morgan fingerprint density at radius 2 is 2.12 bits per heavy atom. The Kier molecular flexibility index (Phi) is 2.93. The molecule has 1 spiro atoms. The molecule has 6 atom stereocenters. The second-order valence-corrected chi connectivity index (χ2v) is 9.27. The predicted octanol–water partition coefficient (Wildman–Crippen LogP) is 2.66. The Hall–Kier alpha value is -1.17. The Morgan fingerprint density at radius 3 is 2.85 bits per heavy atom. The van der Waals surface area contributed by atoms with E-state index in [-0.39, 0.29) is 23.7 Å². The molecule has 140 valence electrons. The summed E-state index contributed by atoms with van der Waals surface area (Å²) in [5.41, 5.74) is 0.316. The van der Waals surface area contributed by atoms with Crippen LogP contribution in [0.5, 0.6) is 5.75 Å². The van der Waals surface area contributed by atoms with Crippen LogP contribution >= 0.6 is 0 Å². The lowest BCUT2D eigenvalue weighted by Crippen LogP contribution is -2.73. The minimum Gasteiger partial charge on any atom is -0.483 e. The van der Waals surface area contributed by atoms with Crippen molar-refractivity contribution in [3.05, 3.63) is 29.1 Å². The number of halogens is 1. The quantitative estimate of drug-likeness (QED) is 0.852. The normalized spacial score (nSPS) is 46.0. The molecule has 2 bridgehead atoms. The highest BCUT2D eigenvalue weighted by Crippen LogP contribution is 2.69. The number of benzene rings is 1. The molecule has 3 aliphatic carbocycles. The van der Waals surface area contributed by atoms with Crippen molar-refractivity contribution in [1.29, 1.82) is 0 Å². The summed E-state index contributed by atoms with van der Waals surface area (Å²) in [5, 5.41) is 22.7. The molecule has 5 heteroatoms. The Balaban J connectivity index is 1.57. The molecule has 6 rings (SSSR count). The maximum atomic E-state index is 14.6. The van der Waals surface area contributed by atoms with Gasteiger partial charge in [0.15, 0.2) is 11.6 Å². The Morgan fingerprint density at radius 1 is 1.31 bits per heavy atom. The summed E-state index contributed by atoms with van der Waals surface area (Å²) in [6.07, 6.45) is 4.42. The van der Waals surface area contributed by atoms with Crippen molar-refractivity contribution in [2.24, 2.45) is 5.92 Å². The first-order valence-corrected chi connectivity index (χ1v) is 10.1. The Bertz CT molecular complexity index is 796. The van der Waals surface area contributed by atoms with E-state index in [2.05, 4.69) is 11.8 Å². The largest absolute Gasteiger partial charge is 0.483 e. The monoisotopic (exact) mass is 359 g/mol. The fraction of sp³-hybridized carbons (Fsp3) is 0.714. The molecule has 2 aliphatic heterocycles. The number of fused-ring (bicyclic) bond motifs is 2. The minimum atomic E-state index is -0.985. The van der Waals surface area contributed by atoms with E-state index in [0.29, 0.717) is 18.8 Å². The van der Waals surface area contributed by atoms with Gasteiger partial charge in [-0.1, -0.05) is 12.5 Å². The lowest BCUT2D eigenvalue weighted by Gasteiger charge is -2.60. The molecule has 2 heterocycles. The van der Waals surface area contributed by atoms with Gasteiger partial charge in [-0.3, -0.25) is 4.90 Å². The molecule has 6 unspecified atom stereocenters. The van der Waals surface area contributed by atoms with Crippen molar-refractivity contribution in [1.82, 2.24) is 4.90 Å². The van der Waals surface area contributed by atoms with E-state index in [1.807, 2.05) is 6.07 Å². The zero-order chi connectivity index (χ0) is 17.8. The number of nitrogens with zero attached hydrogens (tertiary/aromatic N) is 1. The Labute approximate surface area is 153 Å². The van der Waals surface area contributed by atoms with Gasteiger partial charge in [0.25, 0.3) is 0 Å². The molecule has 26 heavy (non-hydrogen) atoms. The van der Waals surface area contributed by atoms with Gasteiger partial charge in [0.1, 0.15) is 6.10 Å². The van der Waals surface area contributed by atoms with Gasteiger partial charge < -0.3 is 14.9 Å². The summed E-state index contributed by atoms with van der Waals surface area (Å²) >= 11 is 0. The summed E-state index contributed by atoms with van der Waals surface area (Å²) < 4.78 is 20.6. The van der Waals surface area contributed by atoms with Crippen LogP contribution in [-0.2, 0) is 5.41 Å². The molecule has 1 saturated heterocycles. The molecule has 1 aromatic carbocycles. The third kappa shape index (κ3) is 1.55. The summed E-state index contributed by atoms with van der Waals surface area (Å²) in [7, 11) is 0. The number of rotatable bonds is 2. The molecule has 0 radical (unpaired) electrons. The van der Waals surface area contributed by atoms with Crippen molar-refractivity contribution < 1.29 is 19.3 Å². The third-order valence-corrected chi connectivity index (χ3v) is 8.42. The summed E-state index contributed by atoms with van der Waals surface area (Å²) in [4.78, 5) is 2.48. The van der Waals surface area contributed by atoms with E-state index in [9.17, 15) is 14.6 Å². The van der Waals surface area contributed by atoms with E-state index in [1.54, 1.807) is 0 Å². The lowest BCUT2D eigenvalue weighted by atomic mass is 9.54.